The Hall–Kier alpha value is -2.89. The predicted octanol–water partition coefficient (Wildman–Crippen LogP) is 2.84. The monoisotopic (exact) mass is 258 g/mol. The van der Waals surface area contributed by atoms with Crippen LogP contribution in [0.25, 0.3) is 6.08 Å². The molecule has 1 amide bonds. The van der Waals surface area contributed by atoms with E-state index in [0.717, 1.165) is 0 Å². The maximum absolute atomic E-state index is 11.6. The minimum Gasteiger partial charge on any atom is -0.465 e. The Labute approximate surface area is 108 Å². The minimum atomic E-state index is -0.550. The van der Waals surface area contributed by atoms with Crippen molar-refractivity contribution in [3.8, 4) is 0 Å². The Morgan fingerprint density at radius 2 is 2.05 bits per heavy atom. The van der Waals surface area contributed by atoms with Crippen molar-refractivity contribution < 1.29 is 14.1 Å². The van der Waals surface area contributed by atoms with Crippen LogP contribution in [0.1, 0.15) is 5.76 Å². The molecule has 0 saturated heterocycles. The van der Waals surface area contributed by atoms with E-state index in [1.165, 1.54) is 36.6 Å². The highest BCUT2D eigenvalue weighted by Crippen LogP contribution is 2.23. The maximum Gasteiger partial charge on any atom is 0.292 e. The number of furan rings is 1. The average molecular weight is 258 g/mol. The number of rotatable bonds is 4. The second-order valence-electron chi connectivity index (χ2n) is 3.61. The molecule has 2 aromatic rings. The van der Waals surface area contributed by atoms with E-state index in [1.807, 2.05) is 0 Å². The number of nitrogens with zero attached hydrogens (tertiary/aromatic N) is 1. The number of amides is 1. The molecule has 0 radical (unpaired) electrons. The van der Waals surface area contributed by atoms with Crippen LogP contribution >= 0.6 is 0 Å². The summed E-state index contributed by atoms with van der Waals surface area (Å²) in [5.41, 5.74) is 0.00356. The number of nitro benzene ring substituents is 1. The first-order chi connectivity index (χ1) is 9.16. The van der Waals surface area contributed by atoms with Gasteiger partial charge in [-0.05, 0) is 24.3 Å². The van der Waals surface area contributed by atoms with Gasteiger partial charge < -0.3 is 9.73 Å². The summed E-state index contributed by atoms with van der Waals surface area (Å²) in [7, 11) is 0. The Morgan fingerprint density at radius 1 is 1.26 bits per heavy atom. The molecule has 0 bridgehead atoms. The number of anilines is 1. The largest absolute Gasteiger partial charge is 0.465 e. The lowest BCUT2D eigenvalue weighted by Crippen LogP contribution is -2.09. The van der Waals surface area contributed by atoms with Gasteiger partial charge in [0.15, 0.2) is 0 Å². The Bertz CT molecular complexity index is 617. The van der Waals surface area contributed by atoms with Crippen molar-refractivity contribution in [2.24, 2.45) is 0 Å². The predicted molar refractivity (Wildman–Crippen MR) is 69.5 cm³/mol. The van der Waals surface area contributed by atoms with E-state index in [1.54, 1.807) is 18.2 Å². The van der Waals surface area contributed by atoms with Gasteiger partial charge in [0, 0.05) is 12.1 Å². The molecular weight excluding hydrogens is 248 g/mol. The lowest BCUT2D eigenvalue weighted by molar-refractivity contribution is -0.383. The van der Waals surface area contributed by atoms with Gasteiger partial charge in [0.2, 0.25) is 5.91 Å². The first kappa shape index (κ1) is 12.6. The normalized spacial score (nSPS) is 10.5. The van der Waals surface area contributed by atoms with Crippen LogP contribution in [0.4, 0.5) is 11.4 Å². The van der Waals surface area contributed by atoms with Crippen LogP contribution < -0.4 is 5.32 Å². The van der Waals surface area contributed by atoms with Gasteiger partial charge >= 0.3 is 0 Å². The van der Waals surface area contributed by atoms with Gasteiger partial charge in [0.1, 0.15) is 11.4 Å². The molecule has 0 fully saturated rings. The Morgan fingerprint density at radius 3 is 2.74 bits per heavy atom. The van der Waals surface area contributed by atoms with Gasteiger partial charge in [-0.2, -0.15) is 0 Å². The second-order valence-corrected chi connectivity index (χ2v) is 3.61. The van der Waals surface area contributed by atoms with Crippen molar-refractivity contribution >= 4 is 23.4 Å². The fourth-order valence-corrected chi connectivity index (χ4v) is 1.46. The highest BCUT2D eigenvalue weighted by molar-refractivity contribution is 6.02. The third-order valence-corrected chi connectivity index (χ3v) is 2.30. The standard InChI is InChI=1S/C13H10N2O4/c16-13(8-7-10-4-3-9-19-10)14-11-5-1-2-6-12(11)15(17)18/h1-9H,(H,14,16)/b8-7+. The number of nitro groups is 1. The second kappa shape index (κ2) is 5.63. The van der Waals surface area contributed by atoms with E-state index in [-0.39, 0.29) is 11.4 Å². The molecule has 0 atom stereocenters. The zero-order valence-electron chi connectivity index (χ0n) is 9.78. The zero-order valence-corrected chi connectivity index (χ0v) is 9.78. The van der Waals surface area contributed by atoms with Crippen molar-refractivity contribution in [1.82, 2.24) is 0 Å². The molecule has 19 heavy (non-hydrogen) atoms. The van der Waals surface area contributed by atoms with Crippen LogP contribution in [0.2, 0.25) is 0 Å². The van der Waals surface area contributed by atoms with Crippen LogP contribution in [0.5, 0.6) is 0 Å². The quantitative estimate of drug-likeness (QED) is 0.519. The molecule has 0 aliphatic heterocycles. The summed E-state index contributed by atoms with van der Waals surface area (Å²) in [5, 5.41) is 13.2. The summed E-state index contributed by atoms with van der Waals surface area (Å²) in [5.74, 6) is 0.0587. The summed E-state index contributed by atoms with van der Waals surface area (Å²) < 4.78 is 5.02. The van der Waals surface area contributed by atoms with Crippen molar-refractivity contribution in [2.75, 3.05) is 5.32 Å². The third-order valence-electron chi connectivity index (χ3n) is 2.30. The SMILES string of the molecule is O=C(/C=C/c1ccco1)Nc1ccccc1[N+](=O)[O-]. The van der Waals surface area contributed by atoms with Gasteiger partial charge in [0.25, 0.3) is 5.69 Å². The summed E-state index contributed by atoms with van der Waals surface area (Å²) in [4.78, 5) is 21.8. The fourth-order valence-electron chi connectivity index (χ4n) is 1.46. The molecule has 0 aliphatic rings. The molecule has 1 aromatic carbocycles. The Balaban J connectivity index is 2.09. The van der Waals surface area contributed by atoms with E-state index in [9.17, 15) is 14.9 Å². The zero-order chi connectivity index (χ0) is 13.7. The molecule has 0 saturated carbocycles. The first-order valence-electron chi connectivity index (χ1n) is 5.43. The first-order valence-corrected chi connectivity index (χ1v) is 5.43. The molecular formula is C13H10N2O4. The van der Waals surface area contributed by atoms with Crippen LogP contribution in [0.3, 0.4) is 0 Å². The number of carbonyl (C=O) groups excluding carboxylic acids is 1. The fraction of sp³-hybridized carbons (Fsp3) is 0. The number of hydrogen-bond acceptors (Lipinski definition) is 4. The highest BCUT2D eigenvalue weighted by atomic mass is 16.6. The molecule has 6 nitrogen and oxygen atoms in total. The van der Waals surface area contributed by atoms with Gasteiger partial charge in [-0.1, -0.05) is 12.1 Å². The van der Waals surface area contributed by atoms with Crippen LogP contribution in [0.15, 0.2) is 53.2 Å². The van der Waals surface area contributed by atoms with Crippen molar-refractivity contribution in [3.05, 3.63) is 64.6 Å². The van der Waals surface area contributed by atoms with Crippen LogP contribution in [0, 0.1) is 10.1 Å². The molecule has 6 heteroatoms. The summed E-state index contributed by atoms with van der Waals surface area (Å²) in [6.07, 6.45) is 4.21. The van der Waals surface area contributed by atoms with Crippen LogP contribution in [-0.4, -0.2) is 10.8 Å². The topological polar surface area (TPSA) is 85.4 Å². The molecule has 2 rings (SSSR count). The van der Waals surface area contributed by atoms with E-state index >= 15 is 0 Å². The molecule has 0 unspecified atom stereocenters. The molecule has 96 valence electrons. The van der Waals surface area contributed by atoms with Gasteiger partial charge in [0.05, 0.1) is 11.2 Å². The van der Waals surface area contributed by atoms with Gasteiger partial charge in [-0.3, -0.25) is 14.9 Å². The van der Waals surface area contributed by atoms with E-state index in [2.05, 4.69) is 5.32 Å². The number of carbonyl (C=O) groups is 1. The number of para-hydroxylation sites is 2. The highest BCUT2D eigenvalue weighted by Gasteiger charge is 2.13. The molecule has 1 aromatic heterocycles. The lowest BCUT2D eigenvalue weighted by Gasteiger charge is -2.02. The van der Waals surface area contributed by atoms with Crippen LogP contribution in [-0.2, 0) is 4.79 Å². The minimum absolute atomic E-state index is 0.151. The van der Waals surface area contributed by atoms with E-state index in [4.69, 9.17) is 4.42 Å². The molecule has 1 N–H and O–H groups in total. The van der Waals surface area contributed by atoms with Crippen molar-refractivity contribution in [3.63, 3.8) is 0 Å². The van der Waals surface area contributed by atoms with Crippen molar-refractivity contribution in [2.45, 2.75) is 0 Å². The maximum atomic E-state index is 11.6. The number of nitrogens with one attached hydrogen (secondary N) is 1. The van der Waals surface area contributed by atoms with Crippen molar-refractivity contribution in [1.29, 1.82) is 0 Å². The Kier molecular flexibility index (Phi) is 3.72. The molecule has 0 aliphatic carbocycles. The van der Waals surface area contributed by atoms with E-state index in [0.29, 0.717) is 5.76 Å². The summed E-state index contributed by atoms with van der Waals surface area (Å²) in [6.45, 7) is 0. The third kappa shape index (κ3) is 3.29. The number of benzene rings is 1. The van der Waals surface area contributed by atoms with Gasteiger partial charge in [-0.15, -0.1) is 0 Å². The van der Waals surface area contributed by atoms with Gasteiger partial charge in [-0.25, -0.2) is 0 Å². The number of hydrogen-bond donors (Lipinski definition) is 1. The average Bonchev–Trinajstić information content (AvgIpc) is 2.90. The summed E-state index contributed by atoms with van der Waals surface area (Å²) >= 11 is 0. The molecule has 1 heterocycles. The van der Waals surface area contributed by atoms with E-state index < -0.39 is 10.8 Å². The lowest BCUT2D eigenvalue weighted by atomic mass is 10.2. The summed E-state index contributed by atoms with van der Waals surface area (Å²) in [6, 6.07) is 9.32. The molecule has 0 spiro atoms. The smallest absolute Gasteiger partial charge is 0.292 e.